The van der Waals surface area contributed by atoms with Crippen molar-refractivity contribution in [2.24, 2.45) is 17.6 Å². The van der Waals surface area contributed by atoms with Crippen molar-refractivity contribution in [2.75, 3.05) is 30.9 Å². The molecule has 0 spiro atoms. The average molecular weight is 382 g/mol. The topological polar surface area (TPSA) is 105 Å². The second-order valence-electron chi connectivity index (χ2n) is 7.46. The van der Waals surface area contributed by atoms with Crippen LogP contribution in [0.4, 0.5) is 11.8 Å². The third-order valence-corrected chi connectivity index (χ3v) is 5.88. The van der Waals surface area contributed by atoms with E-state index < -0.39 is 0 Å². The van der Waals surface area contributed by atoms with Gasteiger partial charge in [0.1, 0.15) is 10.8 Å². The van der Waals surface area contributed by atoms with E-state index in [0.29, 0.717) is 29.8 Å². The molecule has 2 rings (SSSR count). The van der Waals surface area contributed by atoms with Gasteiger partial charge in [-0.05, 0) is 45.4 Å². The number of nitrogens with one attached hydrogen (secondary N) is 2. The minimum absolute atomic E-state index is 0.0447. The predicted octanol–water partition coefficient (Wildman–Crippen LogP) is 2.08. The van der Waals surface area contributed by atoms with Gasteiger partial charge in [-0.3, -0.25) is 0 Å². The lowest BCUT2D eigenvalue weighted by Gasteiger charge is -2.34. The molecule has 0 aliphatic heterocycles. The smallest absolute Gasteiger partial charge is 0.224 e. The summed E-state index contributed by atoms with van der Waals surface area (Å²) in [6, 6.07) is 0. The molecular weight excluding hydrogens is 350 g/mol. The van der Waals surface area contributed by atoms with Crippen LogP contribution in [0.3, 0.4) is 0 Å². The fourth-order valence-corrected chi connectivity index (χ4v) is 3.78. The highest BCUT2D eigenvalue weighted by Gasteiger charge is 2.42. The summed E-state index contributed by atoms with van der Waals surface area (Å²) in [5.74, 6) is 1.74. The Hall–Kier alpha value is -1.51. The number of methoxy groups -OCH3 is 1. The monoisotopic (exact) mass is 381 g/mol. The largest absolute Gasteiger partial charge is 0.396 e. The van der Waals surface area contributed by atoms with Crippen molar-refractivity contribution in [3.63, 3.8) is 0 Å². The maximum Gasteiger partial charge on any atom is 0.224 e. The van der Waals surface area contributed by atoms with Crippen LogP contribution in [0, 0.1) is 18.8 Å². The molecule has 1 saturated carbocycles. The quantitative estimate of drug-likeness (QED) is 0.507. The third kappa shape index (κ3) is 4.42. The minimum atomic E-state index is -0.190. The van der Waals surface area contributed by atoms with Crippen molar-refractivity contribution < 1.29 is 9.84 Å². The van der Waals surface area contributed by atoms with E-state index in [1.807, 2.05) is 13.8 Å². The summed E-state index contributed by atoms with van der Waals surface area (Å²) < 4.78 is 5.26. The highest BCUT2D eigenvalue weighted by atomic mass is 32.1. The molecule has 1 aliphatic carbocycles. The van der Waals surface area contributed by atoms with E-state index in [9.17, 15) is 5.11 Å². The van der Waals surface area contributed by atoms with Crippen molar-refractivity contribution in [3.05, 3.63) is 11.3 Å². The van der Waals surface area contributed by atoms with Crippen LogP contribution in [0.2, 0.25) is 0 Å². The summed E-state index contributed by atoms with van der Waals surface area (Å²) in [6.45, 7) is 8.97. The number of nitrogens with zero attached hydrogens (tertiary/aromatic N) is 2. The van der Waals surface area contributed by atoms with Gasteiger partial charge in [0.05, 0.1) is 17.4 Å². The Bertz CT molecular complexity index is 657. The van der Waals surface area contributed by atoms with Gasteiger partial charge in [0.25, 0.3) is 0 Å². The molecule has 0 aromatic carbocycles. The van der Waals surface area contributed by atoms with Gasteiger partial charge in [-0.1, -0.05) is 19.1 Å². The van der Waals surface area contributed by atoms with Crippen LogP contribution in [-0.4, -0.2) is 52.0 Å². The first kappa shape index (κ1) is 20.8. The molecule has 1 aromatic heterocycles. The Labute approximate surface area is 161 Å². The SMILES string of the molecule is COC(C)CNc1nc(C)c(C(N)=S)c(NC2(C)CCC(CO)C2C)n1. The zero-order valence-electron chi connectivity index (χ0n) is 16.3. The van der Waals surface area contributed by atoms with Gasteiger partial charge in [0.15, 0.2) is 0 Å². The molecule has 1 aromatic rings. The van der Waals surface area contributed by atoms with Crippen LogP contribution in [-0.2, 0) is 4.74 Å². The lowest BCUT2D eigenvalue weighted by Crippen LogP contribution is -2.40. The fourth-order valence-electron chi connectivity index (χ4n) is 3.54. The van der Waals surface area contributed by atoms with Crippen LogP contribution in [0.1, 0.15) is 44.9 Å². The van der Waals surface area contributed by atoms with Crippen LogP contribution in [0.5, 0.6) is 0 Å². The second-order valence-corrected chi connectivity index (χ2v) is 7.90. The lowest BCUT2D eigenvalue weighted by molar-refractivity contribution is 0.128. The Morgan fingerprint density at radius 2 is 2.19 bits per heavy atom. The zero-order chi connectivity index (χ0) is 19.5. The Balaban J connectivity index is 2.32. The van der Waals surface area contributed by atoms with Crippen molar-refractivity contribution in [3.8, 4) is 0 Å². The maximum absolute atomic E-state index is 9.60. The molecule has 1 heterocycles. The number of rotatable bonds is 8. The van der Waals surface area contributed by atoms with Crippen molar-refractivity contribution in [1.82, 2.24) is 9.97 Å². The van der Waals surface area contributed by atoms with Crippen LogP contribution < -0.4 is 16.4 Å². The third-order valence-electron chi connectivity index (χ3n) is 5.67. The lowest BCUT2D eigenvalue weighted by atomic mass is 9.86. The molecule has 0 saturated heterocycles. The van der Waals surface area contributed by atoms with E-state index in [1.165, 1.54) is 0 Å². The van der Waals surface area contributed by atoms with Crippen molar-refractivity contribution in [2.45, 2.75) is 52.2 Å². The first-order valence-electron chi connectivity index (χ1n) is 9.06. The number of hydrogen-bond acceptors (Lipinski definition) is 7. The maximum atomic E-state index is 9.60. The summed E-state index contributed by atoms with van der Waals surface area (Å²) in [5.41, 5.74) is 7.16. The number of anilines is 2. The summed E-state index contributed by atoms with van der Waals surface area (Å²) in [7, 11) is 1.67. The second kappa shape index (κ2) is 8.45. The molecule has 7 nitrogen and oxygen atoms in total. The molecule has 1 fully saturated rings. The van der Waals surface area contributed by atoms with Gasteiger partial charge in [-0.15, -0.1) is 0 Å². The van der Waals surface area contributed by atoms with Crippen molar-refractivity contribution >= 4 is 29.0 Å². The highest BCUT2D eigenvalue weighted by Crippen LogP contribution is 2.42. The molecule has 8 heteroatoms. The molecule has 0 bridgehead atoms. The van der Waals surface area contributed by atoms with E-state index in [0.717, 1.165) is 18.5 Å². The number of ether oxygens (including phenoxy) is 1. The molecule has 4 unspecified atom stereocenters. The van der Waals surface area contributed by atoms with E-state index in [1.54, 1.807) is 7.11 Å². The summed E-state index contributed by atoms with van der Waals surface area (Å²) >= 11 is 5.24. The minimum Gasteiger partial charge on any atom is -0.396 e. The molecule has 26 heavy (non-hydrogen) atoms. The van der Waals surface area contributed by atoms with Gasteiger partial charge >= 0.3 is 0 Å². The number of aromatic nitrogens is 2. The summed E-state index contributed by atoms with van der Waals surface area (Å²) in [6.07, 6.45) is 1.97. The highest BCUT2D eigenvalue weighted by molar-refractivity contribution is 7.80. The standard InChI is InChI=1S/C18H31N5O2S/c1-10(25-5)8-20-17-21-12(3)14(15(19)26)16(22-17)23-18(4)7-6-13(9-24)11(18)2/h10-11,13,24H,6-9H2,1-5H3,(H2,19,26)(H2,20,21,22,23). The number of aliphatic hydroxyl groups is 1. The first-order chi connectivity index (χ1) is 12.2. The molecule has 146 valence electrons. The van der Waals surface area contributed by atoms with E-state index >= 15 is 0 Å². The molecule has 1 aliphatic rings. The van der Waals surface area contributed by atoms with E-state index in [4.69, 9.17) is 22.7 Å². The van der Waals surface area contributed by atoms with Gasteiger partial charge in [0, 0.05) is 25.8 Å². The number of nitrogens with two attached hydrogens (primary N) is 1. The zero-order valence-corrected chi connectivity index (χ0v) is 17.1. The molecule has 0 radical (unpaired) electrons. The van der Waals surface area contributed by atoms with Gasteiger partial charge in [-0.25, -0.2) is 4.98 Å². The number of aryl methyl sites for hydroxylation is 1. The summed E-state index contributed by atoms with van der Waals surface area (Å²) in [5, 5.41) is 16.4. The van der Waals surface area contributed by atoms with Crippen molar-refractivity contribution in [1.29, 1.82) is 0 Å². The van der Waals surface area contributed by atoms with E-state index in [2.05, 4.69) is 34.4 Å². The van der Waals surface area contributed by atoms with Gasteiger partial charge in [-0.2, -0.15) is 4.98 Å². The number of thiocarbonyl (C=S) groups is 1. The van der Waals surface area contributed by atoms with Crippen LogP contribution in [0.25, 0.3) is 0 Å². The van der Waals surface area contributed by atoms with Gasteiger partial charge in [0.2, 0.25) is 5.95 Å². The number of aliphatic hydroxyl groups excluding tert-OH is 1. The normalized spacial score (nSPS) is 26.5. The van der Waals surface area contributed by atoms with Crippen LogP contribution in [0.15, 0.2) is 0 Å². The first-order valence-corrected chi connectivity index (χ1v) is 9.46. The van der Waals surface area contributed by atoms with E-state index in [-0.39, 0.29) is 29.2 Å². The average Bonchev–Trinajstić information content (AvgIpc) is 2.86. The molecular formula is C18H31N5O2S. The molecule has 0 amide bonds. The fraction of sp³-hybridized carbons (Fsp3) is 0.722. The Kier molecular flexibility index (Phi) is 6.76. The molecule has 4 atom stereocenters. The Morgan fingerprint density at radius 1 is 1.50 bits per heavy atom. The molecule has 5 N–H and O–H groups in total. The predicted molar refractivity (Wildman–Crippen MR) is 109 cm³/mol. The summed E-state index contributed by atoms with van der Waals surface area (Å²) in [4.78, 5) is 9.39. The Morgan fingerprint density at radius 3 is 2.73 bits per heavy atom. The van der Waals surface area contributed by atoms with Crippen LogP contribution >= 0.6 is 12.2 Å². The number of hydrogen-bond donors (Lipinski definition) is 4. The van der Waals surface area contributed by atoms with Gasteiger partial charge < -0.3 is 26.2 Å².